The van der Waals surface area contributed by atoms with Crippen LogP contribution in [0.3, 0.4) is 0 Å². The van der Waals surface area contributed by atoms with E-state index in [1.54, 1.807) is 12.1 Å². The lowest BCUT2D eigenvalue weighted by Crippen LogP contribution is -2.24. The zero-order valence-electron chi connectivity index (χ0n) is 14.7. The topological polar surface area (TPSA) is 59.9 Å². The van der Waals surface area contributed by atoms with E-state index < -0.39 is 0 Å². The van der Waals surface area contributed by atoms with Gasteiger partial charge >= 0.3 is 0 Å². The van der Waals surface area contributed by atoms with E-state index in [9.17, 15) is 9.18 Å². The van der Waals surface area contributed by atoms with Crippen LogP contribution < -0.4 is 14.8 Å². The second-order valence-electron chi connectivity index (χ2n) is 6.43. The van der Waals surface area contributed by atoms with Crippen LogP contribution in [0.2, 0.25) is 0 Å². The van der Waals surface area contributed by atoms with Crippen LogP contribution in [0.15, 0.2) is 53.2 Å². The van der Waals surface area contributed by atoms with Crippen LogP contribution in [0.25, 0.3) is 6.08 Å². The molecule has 0 saturated heterocycles. The maximum atomic E-state index is 13.3. The Bertz CT molecular complexity index is 937. The number of aryl methyl sites for hydroxylation is 1. The largest absolute Gasteiger partial charge is 0.490 e. The highest BCUT2D eigenvalue weighted by Crippen LogP contribution is 2.31. The summed E-state index contributed by atoms with van der Waals surface area (Å²) in [6, 6.07) is 12.0. The van der Waals surface area contributed by atoms with E-state index in [1.165, 1.54) is 12.1 Å². The number of nitrogens with zero attached hydrogens (tertiary/aromatic N) is 1. The number of fused-ring (bicyclic) bond motifs is 1. The molecule has 2 aliphatic rings. The van der Waals surface area contributed by atoms with E-state index >= 15 is 0 Å². The van der Waals surface area contributed by atoms with Gasteiger partial charge in [0.1, 0.15) is 17.3 Å². The number of halogens is 1. The van der Waals surface area contributed by atoms with Gasteiger partial charge in [-0.1, -0.05) is 18.2 Å². The van der Waals surface area contributed by atoms with Crippen molar-refractivity contribution in [2.24, 2.45) is 4.99 Å². The number of hydrogen-bond donors (Lipinski definition) is 1. The Hall–Kier alpha value is -3.15. The first-order valence-electron chi connectivity index (χ1n) is 8.92. The van der Waals surface area contributed by atoms with Crippen molar-refractivity contribution in [1.82, 2.24) is 5.32 Å². The number of ether oxygens (including phenoxy) is 2. The van der Waals surface area contributed by atoms with Gasteiger partial charge in [-0.2, -0.15) is 0 Å². The lowest BCUT2D eigenvalue weighted by Gasteiger charge is -2.07. The minimum atomic E-state index is -0.264. The predicted molar refractivity (Wildman–Crippen MR) is 100 cm³/mol. The lowest BCUT2D eigenvalue weighted by atomic mass is 10.1. The fraction of sp³-hybridized carbons (Fsp3) is 0.238. The SMILES string of the molecule is O=C1NC(CCc2cccc(F)c2)=N/C1=C/c1ccc2c(c1)OCCCO2. The van der Waals surface area contributed by atoms with Crippen LogP contribution in [0.5, 0.6) is 11.5 Å². The Morgan fingerprint density at radius 3 is 2.78 bits per heavy atom. The lowest BCUT2D eigenvalue weighted by molar-refractivity contribution is -0.115. The third-order valence-electron chi connectivity index (χ3n) is 4.36. The molecule has 0 bridgehead atoms. The Balaban J connectivity index is 1.48. The van der Waals surface area contributed by atoms with Crippen molar-refractivity contribution < 1.29 is 18.7 Å². The van der Waals surface area contributed by atoms with Crippen molar-refractivity contribution in [3.8, 4) is 11.5 Å². The number of carbonyl (C=O) groups excluding carboxylic acids is 1. The van der Waals surface area contributed by atoms with Gasteiger partial charge in [-0.3, -0.25) is 4.79 Å². The van der Waals surface area contributed by atoms with Crippen molar-refractivity contribution in [3.63, 3.8) is 0 Å². The van der Waals surface area contributed by atoms with E-state index in [-0.39, 0.29) is 11.7 Å². The van der Waals surface area contributed by atoms with Gasteiger partial charge in [0.15, 0.2) is 11.5 Å². The minimum absolute atomic E-state index is 0.239. The van der Waals surface area contributed by atoms with Crippen molar-refractivity contribution >= 4 is 17.8 Å². The summed E-state index contributed by atoms with van der Waals surface area (Å²) in [6.45, 7) is 1.24. The molecule has 0 aliphatic carbocycles. The summed E-state index contributed by atoms with van der Waals surface area (Å²) in [4.78, 5) is 16.6. The summed E-state index contributed by atoms with van der Waals surface area (Å²) in [6.07, 6.45) is 3.70. The molecule has 2 aromatic rings. The zero-order valence-corrected chi connectivity index (χ0v) is 14.7. The number of benzene rings is 2. The Labute approximate surface area is 156 Å². The van der Waals surface area contributed by atoms with Crippen molar-refractivity contribution in [2.75, 3.05) is 13.2 Å². The Kier molecular flexibility index (Phi) is 4.87. The molecule has 2 aromatic carbocycles. The van der Waals surface area contributed by atoms with Gasteiger partial charge in [0.25, 0.3) is 5.91 Å². The highest BCUT2D eigenvalue weighted by atomic mass is 19.1. The summed E-state index contributed by atoms with van der Waals surface area (Å²) < 4.78 is 24.5. The normalized spacial score (nSPS) is 17.4. The molecule has 2 heterocycles. The maximum Gasteiger partial charge on any atom is 0.275 e. The van der Waals surface area contributed by atoms with Gasteiger partial charge in [-0.05, 0) is 47.9 Å². The molecular weight excluding hydrogens is 347 g/mol. The number of amidine groups is 1. The summed E-state index contributed by atoms with van der Waals surface area (Å²) in [5.74, 6) is 1.47. The van der Waals surface area contributed by atoms with Gasteiger partial charge < -0.3 is 14.8 Å². The average molecular weight is 366 g/mol. The van der Waals surface area contributed by atoms with E-state index in [0.717, 1.165) is 17.5 Å². The van der Waals surface area contributed by atoms with E-state index in [2.05, 4.69) is 10.3 Å². The van der Waals surface area contributed by atoms with Gasteiger partial charge in [0.05, 0.1) is 13.2 Å². The molecular formula is C21H19FN2O3. The molecule has 4 rings (SSSR count). The van der Waals surface area contributed by atoms with Gasteiger partial charge in [0, 0.05) is 12.8 Å². The monoisotopic (exact) mass is 366 g/mol. The van der Waals surface area contributed by atoms with E-state index in [4.69, 9.17) is 9.47 Å². The van der Waals surface area contributed by atoms with Gasteiger partial charge in [-0.15, -0.1) is 0 Å². The number of aliphatic imine (C=N–C) groups is 1. The fourth-order valence-corrected chi connectivity index (χ4v) is 3.02. The Morgan fingerprint density at radius 2 is 1.93 bits per heavy atom. The maximum absolute atomic E-state index is 13.3. The van der Waals surface area contributed by atoms with Crippen LogP contribution in [-0.4, -0.2) is 25.0 Å². The highest BCUT2D eigenvalue weighted by Gasteiger charge is 2.20. The molecule has 5 nitrogen and oxygen atoms in total. The molecule has 0 unspecified atom stereocenters. The average Bonchev–Trinajstić information content (AvgIpc) is 2.86. The number of amides is 1. The summed E-state index contributed by atoms with van der Waals surface area (Å²) in [5.41, 5.74) is 2.03. The van der Waals surface area contributed by atoms with Crippen LogP contribution in [0, 0.1) is 5.82 Å². The summed E-state index contributed by atoms with van der Waals surface area (Å²) in [7, 11) is 0. The Morgan fingerprint density at radius 1 is 1.07 bits per heavy atom. The first-order valence-corrected chi connectivity index (χ1v) is 8.92. The highest BCUT2D eigenvalue weighted by molar-refractivity contribution is 6.14. The van der Waals surface area contributed by atoms with E-state index in [0.29, 0.717) is 49.1 Å². The van der Waals surface area contributed by atoms with Crippen LogP contribution >= 0.6 is 0 Å². The quantitative estimate of drug-likeness (QED) is 0.843. The summed E-state index contributed by atoms with van der Waals surface area (Å²) >= 11 is 0. The van der Waals surface area contributed by atoms with E-state index in [1.807, 2.05) is 24.3 Å². The number of carbonyl (C=O) groups is 1. The van der Waals surface area contributed by atoms with Crippen molar-refractivity contribution in [1.29, 1.82) is 0 Å². The molecule has 0 atom stereocenters. The number of rotatable bonds is 4. The zero-order chi connectivity index (χ0) is 18.6. The second-order valence-corrected chi connectivity index (χ2v) is 6.43. The molecule has 27 heavy (non-hydrogen) atoms. The van der Waals surface area contributed by atoms with Crippen molar-refractivity contribution in [2.45, 2.75) is 19.3 Å². The van der Waals surface area contributed by atoms with Crippen LogP contribution in [-0.2, 0) is 11.2 Å². The van der Waals surface area contributed by atoms with Crippen LogP contribution in [0.1, 0.15) is 24.0 Å². The summed E-state index contributed by atoms with van der Waals surface area (Å²) in [5, 5.41) is 2.77. The minimum Gasteiger partial charge on any atom is -0.490 e. The molecule has 0 fully saturated rings. The predicted octanol–water partition coefficient (Wildman–Crippen LogP) is 3.49. The molecule has 0 spiro atoms. The molecule has 0 radical (unpaired) electrons. The van der Waals surface area contributed by atoms with Gasteiger partial charge in [0.2, 0.25) is 0 Å². The third kappa shape index (κ3) is 4.16. The van der Waals surface area contributed by atoms with Gasteiger partial charge in [-0.25, -0.2) is 9.38 Å². The molecule has 138 valence electrons. The first-order chi connectivity index (χ1) is 13.2. The first kappa shape index (κ1) is 17.3. The standard InChI is InChI=1S/C21H19FN2O3/c22-16-4-1-3-14(11-16)6-8-20-23-17(21(25)24-20)12-15-5-7-18-19(13-15)27-10-2-9-26-18/h1,3-5,7,11-13H,2,6,8-10H2,(H,23,24,25)/b17-12+. The molecule has 0 aromatic heterocycles. The second kappa shape index (κ2) is 7.61. The molecule has 1 N–H and O–H groups in total. The van der Waals surface area contributed by atoms with Crippen molar-refractivity contribution in [3.05, 3.63) is 65.1 Å². The number of hydrogen-bond acceptors (Lipinski definition) is 4. The molecule has 6 heteroatoms. The molecule has 1 amide bonds. The third-order valence-corrected chi connectivity index (χ3v) is 4.36. The fourth-order valence-electron chi connectivity index (χ4n) is 3.02. The molecule has 0 saturated carbocycles. The van der Waals surface area contributed by atoms with Crippen LogP contribution in [0.4, 0.5) is 4.39 Å². The number of nitrogens with one attached hydrogen (secondary N) is 1. The molecule has 2 aliphatic heterocycles. The smallest absolute Gasteiger partial charge is 0.275 e.